The molecule has 0 unspecified atom stereocenters. The van der Waals surface area contributed by atoms with Crippen LogP contribution in [-0.4, -0.2) is 43.7 Å². The van der Waals surface area contributed by atoms with Gasteiger partial charge in [0.25, 0.3) is 10.0 Å². The predicted octanol–water partition coefficient (Wildman–Crippen LogP) is 4.04. The zero-order chi connectivity index (χ0) is 21.3. The molecular formula is C22H26N2O4S2. The number of carbonyl (C=O) groups excluding carboxylic acids is 1. The average Bonchev–Trinajstić information content (AvgIpc) is 3.48. The number of sulfonamides is 1. The lowest BCUT2D eigenvalue weighted by Gasteiger charge is -2.17. The summed E-state index contributed by atoms with van der Waals surface area (Å²) in [7, 11) is -1.66. The molecule has 3 aromatic rings. The van der Waals surface area contributed by atoms with Crippen molar-refractivity contribution < 1.29 is 17.6 Å². The highest BCUT2D eigenvalue weighted by Gasteiger charge is 2.29. The molecule has 1 fully saturated rings. The zero-order valence-corrected chi connectivity index (χ0v) is 18.9. The number of nitrogens with zero attached hydrogens (tertiary/aromatic N) is 2. The number of fused-ring (bicyclic) bond motifs is 1. The first-order chi connectivity index (χ1) is 14.4. The van der Waals surface area contributed by atoms with E-state index in [1.807, 2.05) is 31.2 Å². The summed E-state index contributed by atoms with van der Waals surface area (Å²) in [5.74, 6) is 0.847. The van der Waals surface area contributed by atoms with Gasteiger partial charge >= 0.3 is 0 Å². The van der Waals surface area contributed by atoms with Gasteiger partial charge in [-0.25, -0.2) is 8.42 Å². The number of likely N-dealkylation sites (N-methyl/N-ethyl adjacent to an activating group) is 1. The van der Waals surface area contributed by atoms with Gasteiger partial charge < -0.3 is 9.32 Å². The number of rotatable bonds is 7. The number of benzene rings is 1. The molecule has 0 aliphatic carbocycles. The molecule has 0 bridgehead atoms. The van der Waals surface area contributed by atoms with Gasteiger partial charge in [-0.05, 0) is 31.0 Å². The third kappa shape index (κ3) is 4.04. The maximum absolute atomic E-state index is 12.8. The Kier molecular flexibility index (Phi) is 5.99. The van der Waals surface area contributed by atoms with Crippen molar-refractivity contribution in [1.29, 1.82) is 0 Å². The van der Waals surface area contributed by atoms with E-state index >= 15 is 0 Å². The number of amides is 1. The third-order valence-corrected chi connectivity index (χ3v) is 9.00. The summed E-state index contributed by atoms with van der Waals surface area (Å²) in [5.41, 5.74) is 1.87. The second kappa shape index (κ2) is 8.53. The Morgan fingerprint density at radius 3 is 2.63 bits per heavy atom. The van der Waals surface area contributed by atoms with Gasteiger partial charge in [-0.3, -0.25) is 4.79 Å². The molecule has 160 valence electrons. The summed E-state index contributed by atoms with van der Waals surface area (Å²) in [6.07, 6.45) is 2.76. The Balaban J connectivity index is 1.47. The predicted molar refractivity (Wildman–Crippen MR) is 118 cm³/mol. The Morgan fingerprint density at radius 2 is 1.90 bits per heavy atom. The lowest BCUT2D eigenvalue weighted by molar-refractivity contribution is -0.129. The topological polar surface area (TPSA) is 70.8 Å². The normalized spacial score (nSPS) is 15.1. The molecule has 0 N–H and O–H groups in total. The van der Waals surface area contributed by atoms with Crippen LogP contribution in [0.5, 0.6) is 0 Å². The van der Waals surface area contributed by atoms with Gasteiger partial charge in [-0.2, -0.15) is 4.31 Å². The molecule has 1 aromatic carbocycles. The van der Waals surface area contributed by atoms with Gasteiger partial charge in [-0.15, -0.1) is 11.3 Å². The van der Waals surface area contributed by atoms with E-state index in [0.717, 1.165) is 46.4 Å². The van der Waals surface area contributed by atoms with Gasteiger partial charge in [0.1, 0.15) is 15.6 Å². The molecule has 0 saturated carbocycles. The van der Waals surface area contributed by atoms with Crippen molar-refractivity contribution in [3.8, 4) is 0 Å². The van der Waals surface area contributed by atoms with Crippen LogP contribution in [0.2, 0.25) is 0 Å². The molecular weight excluding hydrogens is 420 g/mol. The van der Waals surface area contributed by atoms with E-state index in [9.17, 15) is 13.2 Å². The van der Waals surface area contributed by atoms with Crippen LogP contribution in [0, 0.1) is 0 Å². The minimum absolute atomic E-state index is 0.0469. The van der Waals surface area contributed by atoms with Crippen molar-refractivity contribution in [2.45, 2.75) is 43.4 Å². The third-order valence-electron chi connectivity index (χ3n) is 5.55. The molecule has 1 aliphatic heterocycles. The maximum atomic E-state index is 12.8. The Morgan fingerprint density at radius 1 is 1.17 bits per heavy atom. The number of furan rings is 1. The number of aryl methyl sites for hydroxylation is 1. The Labute approximate surface area is 181 Å². The standard InChI is InChI=1S/C22H26N2O4S2/c1-3-19-18(17-8-4-5-9-20(17)28-19)15-23(2)21(25)14-16-10-11-22(29-16)30(26,27)24-12-6-7-13-24/h4-5,8-11H,3,6-7,12-15H2,1-2H3. The summed E-state index contributed by atoms with van der Waals surface area (Å²) >= 11 is 1.19. The van der Waals surface area contributed by atoms with E-state index in [1.165, 1.54) is 15.6 Å². The molecule has 0 radical (unpaired) electrons. The molecule has 2 aromatic heterocycles. The van der Waals surface area contributed by atoms with Crippen LogP contribution in [-0.2, 0) is 34.2 Å². The molecule has 3 heterocycles. The number of para-hydroxylation sites is 1. The molecule has 1 saturated heterocycles. The molecule has 0 atom stereocenters. The van der Waals surface area contributed by atoms with E-state index in [4.69, 9.17) is 4.42 Å². The summed E-state index contributed by atoms with van der Waals surface area (Å²) in [5, 5.41) is 1.03. The lowest BCUT2D eigenvalue weighted by Crippen LogP contribution is -2.28. The highest BCUT2D eigenvalue weighted by molar-refractivity contribution is 7.91. The summed E-state index contributed by atoms with van der Waals surface area (Å²) in [6.45, 7) is 3.66. The Hall–Kier alpha value is -2.16. The monoisotopic (exact) mass is 446 g/mol. The highest BCUT2D eigenvalue weighted by atomic mass is 32.2. The first kappa shape index (κ1) is 21.1. The fourth-order valence-corrected chi connectivity index (χ4v) is 6.88. The fraction of sp³-hybridized carbons (Fsp3) is 0.409. The van der Waals surface area contributed by atoms with E-state index < -0.39 is 10.0 Å². The number of thiophene rings is 1. The molecule has 6 nitrogen and oxygen atoms in total. The molecule has 1 amide bonds. The molecule has 0 spiro atoms. The van der Waals surface area contributed by atoms with Gasteiger partial charge in [0.05, 0.1) is 6.42 Å². The van der Waals surface area contributed by atoms with Crippen molar-refractivity contribution in [2.24, 2.45) is 0 Å². The van der Waals surface area contributed by atoms with Crippen molar-refractivity contribution >= 4 is 38.2 Å². The van der Waals surface area contributed by atoms with Gasteiger partial charge in [-0.1, -0.05) is 25.1 Å². The average molecular weight is 447 g/mol. The fourth-order valence-electron chi connectivity index (χ4n) is 3.87. The maximum Gasteiger partial charge on any atom is 0.252 e. The van der Waals surface area contributed by atoms with E-state index in [0.29, 0.717) is 23.8 Å². The summed E-state index contributed by atoms with van der Waals surface area (Å²) < 4.78 is 33.2. The summed E-state index contributed by atoms with van der Waals surface area (Å²) in [6, 6.07) is 11.2. The zero-order valence-electron chi connectivity index (χ0n) is 17.3. The van der Waals surface area contributed by atoms with Crippen LogP contribution in [0.3, 0.4) is 0 Å². The molecule has 30 heavy (non-hydrogen) atoms. The number of hydrogen-bond donors (Lipinski definition) is 0. The molecule has 1 aliphatic rings. The van der Waals surface area contributed by atoms with Crippen molar-refractivity contribution in [3.63, 3.8) is 0 Å². The van der Waals surface area contributed by atoms with Gasteiger partial charge in [0.2, 0.25) is 5.91 Å². The molecule has 4 rings (SSSR count). The van der Waals surface area contributed by atoms with Crippen LogP contribution in [0.25, 0.3) is 11.0 Å². The minimum atomic E-state index is -3.43. The van der Waals surface area contributed by atoms with E-state index in [1.54, 1.807) is 24.1 Å². The van der Waals surface area contributed by atoms with Crippen LogP contribution in [0.4, 0.5) is 0 Å². The van der Waals surface area contributed by atoms with Crippen LogP contribution in [0.15, 0.2) is 45.0 Å². The van der Waals surface area contributed by atoms with Gasteiger partial charge in [0, 0.05) is 48.9 Å². The number of hydrogen-bond acceptors (Lipinski definition) is 5. The SMILES string of the molecule is CCc1oc2ccccc2c1CN(C)C(=O)Cc1ccc(S(=O)(=O)N2CCCC2)s1. The first-order valence-corrected chi connectivity index (χ1v) is 12.5. The highest BCUT2D eigenvalue weighted by Crippen LogP contribution is 2.29. The van der Waals surface area contributed by atoms with E-state index in [-0.39, 0.29) is 12.3 Å². The molecule has 8 heteroatoms. The quantitative estimate of drug-likeness (QED) is 0.549. The van der Waals surface area contributed by atoms with Gasteiger partial charge in [0.15, 0.2) is 0 Å². The minimum Gasteiger partial charge on any atom is -0.461 e. The van der Waals surface area contributed by atoms with E-state index in [2.05, 4.69) is 0 Å². The Bertz CT molecular complexity index is 1160. The van der Waals surface area contributed by atoms with Crippen LogP contribution < -0.4 is 0 Å². The first-order valence-electron chi connectivity index (χ1n) is 10.2. The second-order valence-electron chi connectivity index (χ2n) is 7.61. The van der Waals surface area contributed by atoms with Crippen LogP contribution in [0.1, 0.15) is 36.0 Å². The van der Waals surface area contributed by atoms with Crippen molar-refractivity contribution in [1.82, 2.24) is 9.21 Å². The van der Waals surface area contributed by atoms with Crippen molar-refractivity contribution in [2.75, 3.05) is 20.1 Å². The second-order valence-corrected chi connectivity index (χ2v) is 10.9. The van der Waals surface area contributed by atoms with Crippen LogP contribution >= 0.6 is 11.3 Å². The smallest absolute Gasteiger partial charge is 0.252 e. The lowest BCUT2D eigenvalue weighted by atomic mass is 10.1. The largest absolute Gasteiger partial charge is 0.461 e. The number of carbonyl (C=O) groups is 1. The van der Waals surface area contributed by atoms with Crippen molar-refractivity contribution in [3.05, 3.63) is 52.6 Å². The summed E-state index contributed by atoms with van der Waals surface area (Å²) in [4.78, 5) is 15.3.